The lowest BCUT2D eigenvalue weighted by molar-refractivity contribution is -0.131. The first-order valence-electron chi connectivity index (χ1n) is 7.17. The summed E-state index contributed by atoms with van der Waals surface area (Å²) in [6.07, 6.45) is 2.82. The molecule has 0 aliphatic carbocycles. The van der Waals surface area contributed by atoms with Crippen LogP contribution in [0.25, 0.3) is 6.08 Å². The highest BCUT2D eigenvalue weighted by Crippen LogP contribution is 2.30. The molecule has 2 heterocycles. The molecule has 0 aromatic carbocycles. The summed E-state index contributed by atoms with van der Waals surface area (Å²) >= 11 is 0. The molecule has 1 aliphatic rings. The summed E-state index contributed by atoms with van der Waals surface area (Å²) in [6, 6.07) is 0.497. The molecule has 116 valence electrons. The lowest BCUT2D eigenvalue weighted by atomic mass is 10.1. The standard InChI is InChI=1S/C15H24N4O2/c1-10-8-19(9-13(10)17(3)4)15-12(6-7-14(20)21)11(2)16-18(15)5/h6-7,10,13H,8-9H2,1-5H3,(H,20,21)/b7-6+. The van der Waals surface area contributed by atoms with Crippen molar-refractivity contribution in [3.05, 3.63) is 17.3 Å². The molecule has 2 atom stereocenters. The summed E-state index contributed by atoms with van der Waals surface area (Å²) in [6.45, 7) is 6.05. The fourth-order valence-electron chi connectivity index (χ4n) is 3.18. The van der Waals surface area contributed by atoms with Gasteiger partial charge in [0.05, 0.1) is 5.69 Å². The van der Waals surface area contributed by atoms with Gasteiger partial charge in [0, 0.05) is 37.8 Å². The first kappa shape index (κ1) is 15.6. The van der Waals surface area contributed by atoms with Gasteiger partial charge in [-0.2, -0.15) is 5.10 Å². The monoisotopic (exact) mass is 292 g/mol. The molecule has 6 heteroatoms. The van der Waals surface area contributed by atoms with Gasteiger partial charge in [0.2, 0.25) is 0 Å². The van der Waals surface area contributed by atoms with E-state index in [1.165, 1.54) is 6.08 Å². The second-order valence-corrected chi connectivity index (χ2v) is 6.03. The van der Waals surface area contributed by atoms with Crippen molar-refractivity contribution in [2.24, 2.45) is 13.0 Å². The van der Waals surface area contributed by atoms with Crippen molar-refractivity contribution < 1.29 is 9.90 Å². The first-order valence-corrected chi connectivity index (χ1v) is 7.17. The van der Waals surface area contributed by atoms with Gasteiger partial charge in [0.1, 0.15) is 5.82 Å². The maximum Gasteiger partial charge on any atom is 0.328 e. The van der Waals surface area contributed by atoms with E-state index in [9.17, 15) is 4.79 Å². The Morgan fingerprint density at radius 1 is 1.43 bits per heavy atom. The first-order chi connectivity index (χ1) is 9.81. The zero-order valence-electron chi connectivity index (χ0n) is 13.4. The molecular formula is C15H24N4O2. The minimum Gasteiger partial charge on any atom is -0.478 e. The number of anilines is 1. The highest BCUT2D eigenvalue weighted by atomic mass is 16.4. The fourth-order valence-corrected chi connectivity index (χ4v) is 3.18. The van der Waals surface area contributed by atoms with E-state index in [1.54, 1.807) is 6.08 Å². The van der Waals surface area contributed by atoms with Crippen LogP contribution in [0.1, 0.15) is 18.2 Å². The van der Waals surface area contributed by atoms with Gasteiger partial charge in [0.25, 0.3) is 0 Å². The molecule has 1 N–H and O–H groups in total. The Labute approximate surface area is 125 Å². The van der Waals surface area contributed by atoms with Gasteiger partial charge in [-0.1, -0.05) is 6.92 Å². The van der Waals surface area contributed by atoms with Crippen LogP contribution in [0, 0.1) is 12.8 Å². The Hall–Kier alpha value is -1.82. The SMILES string of the molecule is Cc1nn(C)c(N2CC(C)C(N(C)C)C2)c1/C=C/C(=O)O. The van der Waals surface area contributed by atoms with Gasteiger partial charge >= 0.3 is 5.97 Å². The molecule has 1 aromatic heterocycles. The van der Waals surface area contributed by atoms with E-state index in [-0.39, 0.29) is 0 Å². The molecule has 0 spiro atoms. The van der Waals surface area contributed by atoms with Crippen LogP contribution in [0.3, 0.4) is 0 Å². The predicted octanol–water partition coefficient (Wildman–Crippen LogP) is 1.21. The van der Waals surface area contributed by atoms with Crippen molar-refractivity contribution in [2.45, 2.75) is 19.9 Å². The van der Waals surface area contributed by atoms with Gasteiger partial charge in [-0.3, -0.25) is 4.68 Å². The summed E-state index contributed by atoms with van der Waals surface area (Å²) in [4.78, 5) is 15.3. The lowest BCUT2D eigenvalue weighted by Crippen LogP contribution is -2.34. The molecule has 21 heavy (non-hydrogen) atoms. The number of aliphatic carboxylic acids is 1. The van der Waals surface area contributed by atoms with Gasteiger partial charge in [0.15, 0.2) is 0 Å². The zero-order chi connectivity index (χ0) is 15.7. The molecule has 2 unspecified atom stereocenters. The number of hydrogen-bond acceptors (Lipinski definition) is 4. The molecule has 1 aromatic rings. The molecule has 0 amide bonds. The molecule has 1 aliphatic heterocycles. The molecule has 1 fully saturated rings. The summed E-state index contributed by atoms with van der Waals surface area (Å²) in [5, 5.41) is 13.3. The molecule has 1 saturated heterocycles. The molecule has 0 radical (unpaired) electrons. The third-order valence-electron chi connectivity index (χ3n) is 4.17. The van der Waals surface area contributed by atoms with Crippen LogP contribution in [0.2, 0.25) is 0 Å². The fraction of sp³-hybridized carbons (Fsp3) is 0.600. The smallest absolute Gasteiger partial charge is 0.328 e. The lowest BCUT2D eigenvalue weighted by Gasteiger charge is -2.23. The van der Waals surface area contributed by atoms with Crippen molar-refractivity contribution in [1.82, 2.24) is 14.7 Å². The van der Waals surface area contributed by atoms with E-state index in [4.69, 9.17) is 5.11 Å². The number of likely N-dealkylation sites (N-methyl/N-ethyl adjacent to an activating group) is 1. The third kappa shape index (κ3) is 3.10. The van der Waals surface area contributed by atoms with Crippen molar-refractivity contribution in [3.8, 4) is 0 Å². The minimum absolute atomic E-state index is 0.497. The second kappa shape index (κ2) is 5.89. The van der Waals surface area contributed by atoms with Crippen LogP contribution >= 0.6 is 0 Å². The van der Waals surface area contributed by atoms with E-state index in [2.05, 4.69) is 35.9 Å². The van der Waals surface area contributed by atoms with Crippen LogP contribution in [-0.2, 0) is 11.8 Å². The number of carbonyl (C=O) groups is 1. The number of carboxylic acid groups (broad SMARTS) is 1. The van der Waals surface area contributed by atoms with Crippen LogP contribution in [-0.4, -0.2) is 59.0 Å². The number of aromatic nitrogens is 2. The maximum absolute atomic E-state index is 10.8. The van der Waals surface area contributed by atoms with Crippen LogP contribution in [0.4, 0.5) is 5.82 Å². The van der Waals surface area contributed by atoms with Gasteiger partial charge < -0.3 is 14.9 Å². The van der Waals surface area contributed by atoms with Gasteiger partial charge in [-0.15, -0.1) is 0 Å². The predicted molar refractivity (Wildman–Crippen MR) is 83.5 cm³/mol. The summed E-state index contributed by atoms with van der Waals surface area (Å²) in [5.74, 6) is 0.623. The highest BCUT2D eigenvalue weighted by molar-refractivity contribution is 5.87. The molecule has 6 nitrogen and oxygen atoms in total. The topological polar surface area (TPSA) is 61.6 Å². The maximum atomic E-state index is 10.8. The Bertz CT molecular complexity index is 562. The third-order valence-corrected chi connectivity index (χ3v) is 4.17. The van der Waals surface area contributed by atoms with Crippen LogP contribution in [0.5, 0.6) is 0 Å². The van der Waals surface area contributed by atoms with Crippen LogP contribution in [0.15, 0.2) is 6.08 Å². The van der Waals surface area contributed by atoms with Crippen molar-refractivity contribution in [3.63, 3.8) is 0 Å². The molecular weight excluding hydrogens is 268 g/mol. The van der Waals surface area contributed by atoms with E-state index >= 15 is 0 Å². The Morgan fingerprint density at radius 3 is 2.62 bits per heavy atom. The molecule has 0 saturated carbocycles. The van der Waals surface area contributed by atoms with Crippen molar-refractivity contribution in [1.29, 1.82) is 0 Å². The number of carboxylic acids is 1. The van der Waals surface area contributed by atoms with Crippen molar-refractivity contribution >= 4 is 17.9 Å². The second-order valence-electron chi connectivity index (χ2n) is 6.03. The van der Waals surface area contributed by atoms with Crippen molar-refractivity contribution in [2.75, 3.05) is 32.1 Å². The number of rotatable bonds is 4. The largest absolute Gasteiger partial charge is 0.478 e. The zero-order valence-corrected chi connectivity index (χ0v) is 13.4. The number of nitrogens with zero attached hydrogens (tertiary/aromatic N) is 4. The summed E-state index contributed by atoms with van der Waals surface area (Å²) in [5.41, 5.74) is 1.75. The van der Waals surface area contributed by atoms with E-state index in [0.29, 0.717) is 12.0 Å². The van der Waals surface area contributed by atoms with Gasteiger partial charge in [-0.05, 0) is 33.0 Å². The Morgan fingerprint density at radius 2 is 2.10 bits per heavy atom. The van der Waals surface area contributed by atoms with E-state index in [1.807, 2.05) is 18.7 Å². The highest BCUT2D eigenvalue weighted by Gasteiger charge is 2.33. The average molecular weight is 292 g/mol. The number of aryl methyl sites for hydroxylation is 2. The quantitative estimate of drug-likeness (QED) is 0.845. The minimum atomic E-state index is -0.940. The normalized spacial score (nSPS) is 22.7. The van der Waals surface area contributed by atoms with E-state index < -0.39 is 5.97 Å². The summed E-state index contributed by atoms with van der Waals surface area (Å²) < 4.78 is 1.85. The average Bonchev–Trinajstić information content (AvgIpc) is 2.87. The Kier molecular flexibility index (Phi) is 4.37. The number of hydrogen-bond donors (Lipinski definition) is 1. The van der Waals surface area contributed by atoms with Gasteiger partial charge in [-0.25, -0.2) is 4.79 Å². The summed E-state index contributed by atoms with van der Waals surface area (Å²) in [7, 11) is 6.11. The molecule has 2 rings (SSSR count). The van der Waals surface area contributed by atoms with Crippen LogP contribution < -0.4 is 4.90 Å². The molecule has 0 bridgehead atoms. The Balaban J connectivity index is 2.34. The van der Waals surface area contributed by atoms with E-state index in [0.717, 1.165) is 30.2 Å².